The largest absolute Gasteiger partial charge is 0.496 e. The number of carbonyl (C=O) groups is 1. The van der Waals surface area contributed by atoms with Crippen molar-refractivity contribution in [2.75, 3.05) is 7.11 Å². The van der Waals surface area contributed by atoms with Gasteiger partial charge in [0.15, 0.2) is 0 Å². The van der Waals surface area contributed by atoms with Crippen molar-refractivity contribution in [1.82, 2.24) is 20.5 Å². The summed E-state index contributed by atoms with van der Waals surface area (Å²) in [7, 11) is 1.63. The standard InChI is InChI=1S/C15H19BrN4O3/c1-23-13-7-4-5-11(15(13)16)9-20-10-12(17-19-20)6-2-3-8-14(21)18-22/h4-5,7,10,22H,2-3,6,8-9H2,1H3,(H,18,21). The van der Waals surface area contributed by atoms with Gasteiger partial charge in [0.1, 0.15) is 5.75 Å². The molecule has 1 amide bonds. The minimum Gasteiger partial charge on any atom is -0.496 e. The van der Waals surface area contributed by atoms with Gasteiger partial charge in [-0.15, -0.1) is 5.10 Å². The fraction of sp³-hybridized carbons (Fsp3) is 0.400. The van der Waals surface area contributed by atoms with Crippen LogP contribution in [0.4, 0.5) is 0 Å². The zero-order valence-electron chi connectivity index (χ0n) is 12.8. The maximum absolute atomic E-state index is 10.9. The fourth-order valence-corrected chi connectivity index (χ4v) is 2.74. The van der Waals surface area contributed by atoms with Gasteiger partial charge in [-0.05, 0) is 46.8 Å². The third-order valence-electron chi connectivity index (χ3n) is 3.39. The second-order valence-electron chi connectivity index (χ2n) is 5.08. The molecule has 2 rings (SSSR count). The summed E-state index contributed by atoms with van der Waals surface area (Å²) in [6.45, 7) is 0.595. The van der Waals surface area contributed by atoms with Crippen LogP contribution in [-0.4, -0.2) is 33.2 Å². The van der Waals surface area contributed by atoms with Crippen LogP contribution in [0.25, 0.3) is 0 Å². The van der Waals surface area contributed by atoms with Crippen LogP contribution in [0.3, 0.4) is 0 Å². The van der Waals surface area contributed by atoms with Crippen molar-refractivity contribution < 1.29 is 14.7 Å². The molecule has 1 aromatic carbocycles. The van der Waals surface area contributed by atoms with Gasteiger partial charge < -0.3 is 4.74 Å². The van der Waals surface area contributed by atoms with Gasteiger partial charge in [0.05, 0.1) is 23.8 Å². The van der Waals surface area contributed by atoms with Crippen molar-refractivity contribution >= 4 is 21.8 Å². The van der Waals surface area contributed by atoms with Crippen LogP contribution in [0.1, 0.15) is 30.5 Å². The molecule has 0 spiro atoms. The number of hydrogen-bond acceptors (Lipinski definition) is 5. The van der Waals surface area contributed by atoms with Crippen molar-refractivity contribution in [2.45, 2.75) is 32.2 Å². The maximum Gasteiger partial charge on any atom is 0.243 e. The fourth-order valence-electron chi connectivity index (χ4n) is 2.19. The number of nitrogens with zero attached hydrogens (tertiary/aromatic N) is 3. The van der Waals surface area contributed by atoms with Crippen LogP contribution in [0, 0.1) is 0 Å². The summed E-state index contributed by atoms with van der Waals surface area (Å²) in [5, 5.41) is 16.7. The topological polar surface area (TPSA) is 89.3 Å². The molecular formula is C15H19BrN4O3. The Bertz CT molecular complexity index is 660. The molecule has 8 heteroatoms. The van der Waals surface area contributed by atoms with Crippen LogP contribution >= 0.6 is 15.9 Å². The molecule has 0 radical (unpaired) electrons. The predicted octanol–water partition coefficient (Wildman–Crippen LogP) is 2.32. The number of benzene rings is 1. The number of aryl methyl sites for hydroxylation is 1. The molecule has 2 N–H and O–H groups in total. The summed E-state index contributed by atoms with van der Waals surface area (Å²) in [5.74, 6) is 0.418. The summed E-state index contributed by atoms with van der Waals surface area (Å²) in [6, 6.07) is 5.83. The zero-order valence-corrected chi connectivity index (χ0v) is 14.4. The SMILES string of the molecule is COc1cccc(Cn2cc(CCCCC(=O)NO)nn2)c1Br. The van der Waals surface area contributed by atoms with E-state index in [1.54, 1.807) is 17.3 Å². The molecule has 2 aromatic rings. The Balaban J connectivity index is 1.89. The second-order valence-corrected chi connectivity index (χ2v) is 5.88. The molecular weight excluding hydrogens is 364 g/mol. The van der Waals surface area contributed by atoms with E-state index < -0.39 is 0 Å². The molecule has 1 aromatic heterocycles. The van der Waals surface area contributed by atoms with Crippen molar-refractivity contribution in [3.05, 3.63) is 40.1 Å². The lowest BCUT2D eigenvalue weighted by Crippen LogP contribution is -2.17. The van der Waals surface area contributed by atoms with Crippen LogP contribution in [0.5, 0.6) is 5.75 Å². The van der Waals surface area contributed by atoms with E-state index in [-0.39, 0.29) is 5.91 Å². The van der Waals surface area contributed by atoms with Gasteiger partial charge in [-0.2, -0.15) is 0 Å². The van der Waals surface area contributed by atoms with E-state index in [0.29, 0.717) is 19.4 Å². The van der Waals surface area contributed by atoms with Gasteiger partial charge in [-0.25, -0.2) is 10.2 Å². The van der Waals surface area contributed by atoms with Crippen LogP contribution in [-0.2, 0) is 17.8 Å². The van der Waals surface area contributed by atoms with Crippen molar-refractivity contribution in [2.24, 2.45) is 0 Å². The Morgan fingerprint density at radius 3 is 3.00 bits per heavy atom. The monoisotopic (exact) mass is 382 g/mol. The number of carbonyl (C=O) groups excluding carboxylic acids is 1. The van der Waals surface area contributed by atoms with Crippen molar-refractivity contribution in [1.29, 1.82) is 0 Å². The first-order valence-corrected chi connectivity index (χ1v) is 8.06. The predicted molar refractivity (Wildman–Crippen MR) is 87.3 cm³/mol. The lowest BCUT2D eigenvalue weighted by atomic mass is 10.1. The van der Waals surface area contributed by atoms with Gasteiger partial charge in [-0.1, -0.05) is 17.3 Å². The molecule has 0 unspecified atom stereocenters. The van der Waals surface area contributed by atoms with E-state index in [0.717, 1.165) is 34.3 Å². The number of hydroxylamine groups is 1. The van der Waals surface area contributed by atoms with Gasteiger partial charge in [0.2, 0.25) is 5.91 Å². The van der Waals surface area contributed by atoms with E-state index in [4.69, 9.17) is 9.94 Å². The summed E-state index contributed by atoms with van der Waals surface area (Å²) in [5.41, 5.74) is 3.56. The van der Waals surface area contributed by atoms with Crippen molar-refractivity contribution in [3.63, 3.8) is 0 Å². The highest BCUT2D eigenvalue weighted by atomic mass is 79.9. The Kier molecular flexibility index (Phi) is 6.54. The van der Waals surface area contributed by atoms with E-state index in [2.05, 4.69) is 26.2 Å². The van der Waals surface area contributed by atoms with E-state index in [1.165, 1.54) is 0 Å². The zero-order chi connectivity index (χ0) is 16.7. The first-order valence-electron chi connectivity index (χ1n) is 7.27. The molecule has 1 heterocycles. The minimum absolute atomic E-state index is 0.307. The minimum atomic E-state index is -0.364. The molecule has 0 aliphatic carbocycles. The lowest BCUT2D eigenvalue weighted by Gasteiger charge is -2.08. The number of ether oxygens (including phenoxy) is 1. The molecule has 0 bridgehead atoms. The number of methoxy groups -OCH3 is 1. The van der Waals surface area contributed by atoms with E-state index >= 15 is 0 Å². The summed E-state index contributed by atoms with van der Waals surface area (Å²) < 4.78 is 7.96. The second kappa shape index (κ2) is 8.64. The van der Waals surface area contributed by atoms with Gasteiger partial charge >= 0.3 is 0 Å². The highest BCUT2D eigenvalue weighted by Crippen LogP contribution is 2.28. The summed E-state index contributed by atoms with van der Waals surface area (Å²) in [4.78, 5) is 10.9. The molecule has 0 aliphatic rings. The molecule has 0 saturated heterocycles. The maximum atomic E-state index is 10.9. The van der Waals surface area contributed by atoms with Gasteiger partial charge in [-0.3, -0.25) is 10.0 Å². The Labute approximate surface area is 142 Å². The number of hydrogen-bond donors (Lipinski definition) is 2. The normalized spacial score (nSPS) is 10.6. The van der Waals surface area contributed by atoms with E-state index in [1.807, 2.05) is 24.4 Å². The Morgan fingerprint density at radius 2 is 2.26 bits per heavy atom. The number of nitrogens with one attached hydrogen (secondary N) is 1. The van der Waals surface area contributed by atoms with Crippen LogP contribution in [0.2, 0.25) is 0 Å². The van der Waals surface area contributed by atoms with E-state index in [9.17, 15) is 4.79 Å². The Hall–Kier alpha value is -1.93. The first-order chi connectivity index (χ1) is 11.1. The average Bonchev–Trinajstić information content (AvgIpc) is 3.00. The molecule has 0 atom stereocenters. The smallest absolute Gasteiger partial charge is 0.243 e. The molecule has 0 aliphatic heterocycles. The number of unbranched alkanes of at least 4 members (excludes halogenated alkanes) is 1. The quantitative estimate of drug-likeness (QED) is 0.415. The number of aromatic nitrogens is 3. The molecule has 0 fully saturated rings. The molecule has 0 saturated carbocycles. The van der Waals surface area contributed by atoms with Crippen molar-refractivity contribution in [3.8, 4) is 5.75 Å². The van der Waals surface area contributed by atoms with Gasteiger partial charge in [0.25, 0.3) is 0 Å². The lowest BCUT2D eigenvalue weighted by molar-refractivity contribution is -0.129. The Morgan fingerprint density at radius 1 is 1.43 bits per heavy atom. The number of rotatable bonds is 8. The summed E-state index contributed by atoms with van der Waals surface area (Å²) >= 11 is 3.53. The molecule has 23 heavy (non-hydrogen) atoms. The van der Waals surface area contributed by atoms with Gasteiger partial charge in [0, 0.05) is 12.6 Å². The number of halogens is 1. The molecule has 7 nitrogen and oxygen atoms in total. The first kappa shape index (κ1) is 17.4. The molecule has 124 valence electrons. The average molecular weight is 383 g/mol. The third kappa shape index (κ3) is 5.04. The van der Waals surface area contributed by atoms with Crippen LogP contribution in [0.15, 0.2) is 28.9 Å². The number of amides is 1. The third-order valence-corrected chi connectivity index (χ3v) is 4.29. The highest BCUT2D eigenvalue weighted by Gasteiger charge is 2.08. The summed E-state index contributed by atoms with van der Waals surface area (Å²) in [6.07, 6.45) is 4.47. The highest BCUT2D eigenvalue weighted by molar-refractivity contribution is 9.10. The van der Waals surface area contributed by atoms with Crippen LogP contribution < -0.4 is 10.2 Å².